The molecule has 2 N–H and O–H groups in total. The molecule has 0 saturated heterocycles. The zero-order chi connectivity index (χ0) is 17.6. The van der Waals surface area contributed by atoms with Crippen molar-refractivity contribution in [2.45, 2.75) is 0 Å². The third kappa shape index (κ3) is 3.75. The Kier molecular flexibility index (Phi) is 4.91. The van der Waals surface area contributed by atoms with Crippen LogP contribution in [0.1, 0.15) is 0 Å². The van der Waals surface area contributed by atoms with Gasteiger partial charge in [-0.2, -0.15) is 0 Å². The molecule has 0 aliphatic heterocycles. The summed E-state index contributed by atoms with van der Waals surface area (Å²) >= 11 is 0. The minimum atomic E-state index is -0.463. The second-order valence-electron chi connectivity index (χ2n) is 5.15. The lowest BCUT2D eigenvalue weighted by Crippen LogP contribution is -2.10. The molecule has 126 valence electrons. The van der Waals surface area contributed by atoms with Crippen LogP contribution in [-0.4, -0.2) is 38.4 Å². The number of nitro benzene ring substituents is 1. The summed E-state index contributed by atoms with van der Waals surface area (Å²) in [5.41, 5.74) is 2.03. The van der Waals surface area contributed by atoms with Gasteiger partial charge in [-0.05, 0) is 12.1 Å². The number of benzene rings is 2. The van der Waals surface area contributed by atoms with E-state index in [0.717, 1.165) is 5.56 Å². The molecule has 0 fully saturated rings. The van der Waals surface area contributed by atoms with Crippen molar-refractivity contribution in [1.82, 2.24) is 15.2 Å². The molecular formula is C17H15N5O3. The van der Waals surface area contributed by atoms with Gasteiger partial charge in [0.25, 0.3) is 5.69 Å². The molecule has 1 heterocycles. The predicted octanol–water partition coefficient (Wildman–Crippen LogP) is 2.52. The summed E-state index contributed by atoms with van der Waals surface area (Å²) < 4.78 is 0. The summed E-state index contributed by atoms with van der Waals surface area (Å²) in [6.07, 6.45) is 0. The maximum atomic E-state index is 10.8. The second-order valence-corrected chi connectivity index (χ2v) is 5.15. The van der Waals surface area contributed by atoms with Crippen molar-refractivity contribution in [1.29, 1.82) is 0 Å². The Morgan fingerprint density at radius 2 is 1.72 bits per heavy atom. The maximum Gasteiger partial charge on any atom is 0.269 e. The fraction of sp³-hybridized carbons (Fsp3) is 0.118. The van der Waals surface area contributed by atoms with Gasteiger partial charge in [-0.25, -0.2) is 4.98 Å². The first kappa shape index (κ1) is 16.5. The van der Waals surface area contributed by atoms with E-state index < -0.39 is 4.92 Å². The summed E-state index contributed by atoms with van der Waals surface area (Å²) in [4.78, 5) is 14.8. The number of non-ortho nitro benzene ring substituents is 1. The van der Waals surface area contributed by atoms with E-state index in [0.29, 0.717) is 29.4 Å². The van der Waals surface area contributed by atoms with E-state index in [1.54, 1.807) is 12.1 Å². The van der Waals surface area contributed by atoms with Crippen molar-refractivity contribution in [3.05, 3.63) is 64.7 Å². The number of aromatic nitrogens is 3. The van der Waals surface area contributed by atoms with Gasteiger partial charge in [-0.1, -0.05) is 30.3 Å². The number of aliphatic hydroxyl groups is 1. The normalized spacial score (nSPS) is 10.4. The van der Waals surface area contributed by atoms with Crippen molar-refractivity contribution in [2.75, 3.05) is 18.5 Å². The first-order valence-electron chi connectivity index (χ1n) is 7.59. The second kappa shape index (κ2) is 7.45. The Hall–Kier alpha value is -3.39. The van der Waals surface area contributed by atoms with Crippen LogP contribution in [0, 0.1) is 10.1 Å². The van der Waals surface area contributed by atoms with Gasteiger partial charge >= 0.3 is 0 Å². The number of nitrogens with one attached hydrogen (secondary N) is 1. The van der Waals surface area contributed by atoms with Crippen molar-refractivity contribution in [3.63, 3.8) is 0 Å². The Morgan fingerprint density at radius 3 is 2.36 bits per heavy atom. The summed E-state index contributed by atoms with van der Waals surface area (Å²) in [5, 5.41) is 31.2. The molecule has 0 atom stereocenters. The van der Waals surface area contributed by atoms with Crippen LogP contribution in [0.3, 0.4) is 0 Å². The molecule has 0 bridgehead atoms. The van der Waals surface area contributed by atoms with Gasteiger partial charge in [0.2, 0.25) is 0 Å². The van der Waals surface area contributed by atoms with Gasteiger partial charge in [0.15, 0.2) is 11.6 Å². The number of nitrogens with zero attached hydrogens (tertiary/aromatic N) is 4. The number of anilines is 1. The zero-order valence-electron chi connectivity index (χ0n) is 13.2. The number of aliphatic hydroxyl groups excluding tert-OH is 1. The molecule has 0 radical (unpaired) electrons. The molecule has 0 unspecified atom stereocenters. The lowest BCUT2D eigenvalue weighted by atomic mass is 10.1. The molecule has 0 aliphatic rings. The number of rotatable bonds is 6. The molecule has 0 aliphatic carbocycles. The molecule has 3 rings (SSSR count). The van der Waals surface area contributed by atoms with Crippen LogP contribution in [0.4, 0.5) is 11.5 Å². The molecule has 0 saturated carbocycles. The van der Waals surface area contributed by atoms with Gasteiger partial charge < -0.3 is 10.4 Å². The molecule has 8 heteroatoms. The average Bonchev–Trinajstić information content (AvgIpc) is 2.67. The van der Waals surface area contributed by atoms with Gasteiger partial charge in [-0.15, -0.1) is 10.2 Å². The van der Waals surface area contributed by atoms with E-state index in [1.165, 1.54) is 12.1 Å². The van der Waals surface area contributed by atoms with Crippen molar-refractivity contribution in [3.8, 4) is 22.6 Å². The van der Waals surface area contributed by atoms with Crippen LogP contribution in [-0.2, 0) is 0 Å². The minimum absolute atomic E-state index is 0.00348. The molecular weight excluding hydrogens is 322 g/mol. The zero-order valence-corrected chi connectivity index (χ0v) is 13.2. The van der Waals surface area contributed by atoms with Crippen LogP contribution >= 0.6 is 0 Å². The topological polar surface area (TPSA) is 114 Å². The lowest BCUT2D eigenvalue weighted by molar-refractivity contribution is -0.384. The smallest absolute Gasteiger partial charge is 0.269 e. The highest BCUT2D eigenvalue weighted by Gasteiger charge is 2.13. The van der Waals surface area contributed by atoms with Gasteiger partial charge in [0.1, 0.15) is 5.69 Å². The highest BCUT2D eigenvalue weighted by Crippen LogP contribution is 2.26. The minimum Gasteiger partial charge on any atom is -0.395 e. The highest BCUT2D eigenvalue weighted by molar-refractivity contribution is 5.72. The Bertz CT molecular complexity index is 869. The fourth-order valence-corrected chi connectivity index (χ4v) is 2.27. The van der Waals surface area contributed by atoms with E-state index in [-0.39, 0.29) is 12.3 Å². The quantitative estimate of drug-likeness (QED) is 0.524. The Balaban J connectivity index is 2.00. The van der Waals surface area contributed by atoms with E-state index >= 15 is 0 Å². The third-order valence-corrected chi connectivity index (χ3v) is 3.47. The van der Waals surface area contributed by atoms with Crippen molar-refractivity contribution in [2.24, 2.45) is 0 Å². The standard InChI is InChI=1S/C17H15N5O3/c23-11-10-18-17-15(12-4-2-1-3-5-12)20-21-16(19-17)13-6-8-14(9-7-13)22(24)25/h1-9,23H,10-11H2,(H,18,19,21). The molecule has 0 spiro atoms. The van der Waals surface area contributed by atoms with Crippen LogP contribution in [0.15, 0.2) is 54.6 Å². The first-order chi connectivity index (χ1) is 12.2. The Labute approximate surface area is 143 Å². The van der Waals surface area contributed by atoms with Gasteiger partial charge in [0.05, 0.1) is 11.5 Å². The molecule has 3 aromatic rings. The highest BCUT2D eigenvalue weighted by atomic mass is 16.6. The number of hydrogen-bond acceptors (Lipinski definition) is 7. The van der Waals surface area contributed by atoms with Crippen LogP contribution in [0.5, 0.6) is 0 Å². The first-order valence-corrected chi connectivity index (χ1v) is 7.59. The van der Waals surface area contributed by atoms with E-state index in [2.05, 4.69) is 20.5 Å². The van der Waals surface area contributed by atoms with Gasteiger partial charge in [0, 0.05) is 29.8 Å². The lowest BCUT2D eigenvalue weighted by Gasteiger charge is -2.10. The summed E-state index contributed by atoms with van der Waals surface area (Å²) in [6, 6.07) is 15.4. The monoisotopic (exact) mass is 337 g/mol. The molecule has 2 aromatic carbocycles. The number of hydrogen-bond donors (Lipinski definition) is 2. The summed E-state index contributed by atoms with van der Waals surface area (Å²) in [5.74, 6) is 0.832. The van der Waals surface area contributed by atoms with Crippen LogP contribution in [0.25, 0.3) is 22.6 Å². The van der Waals surface area contributed by atoms with E-state index in [4.69, 9.17) is 5.11 Å². The van der Waals surface area contributed by atoms with Crippen molar-refractivity contribution >= 4 is 11.5 Å². The Morgan fingerprint density at radius 1 is 1.00 bits per heavy atom. The average molecular weight is 337 g/mol. The van der Waals surface area contributed by atoms with Crippen LogP contribution < -0.4 is 5.32 Å². The molecule has 25 heavy (non-hydrogen) atoms. The largest absolute Gasteiger partial charge is 0.395 e. The SMILES string of the molecule is O=[N+]([O-])c1ccc(-c2nnc(-c3ccccc3)c(NCCO)n2)cc1. The van der Waals surface area contributed by atoms with Crippen molar-refractivity contribution < 1.29 is 10.0 Å². The third-order valence-electron chi connectivity index (χ3n) is 3.47. The predicted molar refractivity (Wildman–Crippen MR) is 92.9 cm³/mol. The summed E-state index contributed by atoms with van der Waals surface area (Å²) in [6.45, 7) is 0.267. The maximum absolute atomic E-state index is 10.8. The fourth-order valence-electron chi connectivity index (χ4n) is 2.27. The number of nitro groups is 1. The summed E-state index contributed by atoms with van der Waals surface area (Å²) in [7, 11) is 0. The molecule has 0 amide bonds. The molecule has 1 aromatic heterocycles. The van der Waals surface area contributed by atoms with Gasteiger partial charge in [-0.3, -0.25) is 10.1 Å². The molecule has 8 nitrogen and oxygen atoms in total. The van der Waals surface area contributed by atoms with E-state index in [9.17, 15) is 10.1 Å². The van der Waals surface area contributed by atoms with Crippen LogP contribution in [0.2, 0.25) is 0 Å². The van der Waals surface area contributed by atoms with E-state index in [1.807, 2.05) is 30.3 Å².